The number of benzene rings is 2. The van der Waals surface area contributed by atoms with Gasteiger partial charge in [0.2, 0.25) is 0 Å². The van der Waals surface area contributed by atoms with E-state index in [4.69, 9.17) is 4.74 Å². The van der Waals surface area contributed by atoms with Crippen LogP contribution in [-0.4, -0.2) is 46.3 Å². The van der Waals surface area contributed by atoms with E-state index >= 15 is 0 Å². The van der Waals surface area contributed by atoms with E-state index in [9.17, 15) is 9.59 Å². The number of hydrogen-bond donors (Lipinski definition) is 0. The SMILES string of the molecule is CCc1cccc2c(C(C)=O)cn(CCCN3CCC4(CC3)CC(=O)c3ccccc3O4)c12. The maximum absolute atomic E-state index is 12.7. The normalized spacial score (nSPS) is 17.8. The molecule has 2 aliphatic heterocycles. The Morgan fingerprint density at radius 3 is 2.61 bits per heavy atom. The number of para-hydroxylation sites is 2. The van der Waals surface area contributed by atoms with Gasteiger partial charge in [-0.1, -0.05) is 37.3 Å². The Bertz CT molecular complexity index is 1200. The minimum atomic E-state index is -0.342. The van der Waals surface area contributed by atoms with E-state index in [0.29, 0.717) is 6.42 Å². The molecule has 5 nitrogen and oxygen atoms in total. The summed E-state index contributed by atoms with van der Waals surface area (Å²) in [6.45, 7) is 7.60. The van der Waals surface area contributed by atoms with E-state index in [0.717, 1.165) is 74.1 Å². The van der Waals surface area contributed by atoms with Gasteiger partial charge in [0.05, 0.1) is 17.5 Å². The number of nitrogens with zero attached hydrogens (tertiary/aromatic N) is 2. The summed E-state index contributed by atoms with van der Waals surface area (Å²) >= 11 is 0. The third kappa shape index (κ3) is 4.10. The number of hydrogen-bond acceptors (Lipinski definition) is 4. The highest BCUT2D eigenvalue weighted by Gasteiger charge is 2.42. The minimum absolute atomic E-state index is 0.122. The Hall–Kier alpha value is -2.92. The first-order chi connectivity index (χ1) is 16.0. The number of piperidine rings is 1. The van der Waals surface area contributed by atoms with Crippen LogP contribution in [0.5, 0.6) is 5.75 Å². The Morgan fingerprint density at radius 1 is 1.06 bits per heavy atom. The van der Waals surface area contributed by atoms with Crippen LogP contribution in [-0.2, 0) is 13.0 Å². The quantitative estimate of drug-likeness (QED) is 0.485. The number of fused-ring (bicyclic) bond motifs is 2. The second kappa shape index (κ2) is 8.79. The van der Waals surface area contributed by atoms with Crippen molar-refractivity contribution in [2.45, 2.75) is 58.1 Å². The van der Waals surface area contributed by atoms with Crippen molar-refractivity contribution in [3.63, 3.8) is 0 Å². The van der Waals surface area contributed by atoms with Crippen LogP contribution in [0.1, 0.15) is 65.8 Å². The zero-order valence-electron chi connectivity index (χ0n) is 19.6. The molecule has 0 bridgehead atoms. The molecule has 0 amide bonds. The molecule has 1 fully saturated rings. The number of carbonyl (C=O) groups excluding carboxylic acids is 2. The second-order valence-electron chi connectivity index (χ2n) is 9.54. The fourth-order valence-electron chi connectivity index (χ4n) is 5.55. The molecule has 0 saturated carbocycles. The molecule has 0 atom stereocenters. The van der Waals surface area contributed by atoms with E-state index in [1.165, 1.54) is 11.1 Å². The summed E-state index contributed by atoms with van der Waals surface area (Å²) in [7, 11) is 0. The van der Waals surface area contributed by atoms with E-state index in [1.54, 1.807) is 6.92 Å². The second-order valence-corrected chi connectivity index (χ2v) is 9.54. The standard InChI is InChI=1S/C28H32N2O3/c1-3-21-8-6-10-22-24(20(2)31)19-30(27(21)22)15-7-14-29-16-12-28(13-17-29)18-25(32)23-9-4-5-11-26(23)33-28/h4-6,8-11,19H,3,7,12-18H2,1-2H3. The molecular weight excluding hydrogens is 412 g/mol. The average Bonchev–Trinajstić information content (AvgIpc) is 3.20. The largest absolute Gasteiger partial charge is 0.486 e. The van der Waals surface area contributed by atoms with Crippen LogP contribution in [0.15, 0.2) is 48.7 Å². The van der Waals surface area contributed by atoms with E-state index < -0.39 is 0 Å². The predicted molar refractivity (Wildman–Crippen MR) is 130 cm³/mol. The van der Waals surface area contributed by atoms with Gasteiger partial charge >= 0.3 is 0 Å². The highest BCUT2D eigenvalue weighted by atomic mass is 16.5. The molecule has 33 heavy (non-hydrogen) atoms. The van der Waals surface area contributed by atoms with Gasteiger partial charge in [0.15, 0.2) is 11.6 Å². The monoisotopic (exact) mass is 444 g/mol. The summed E-state index contributed by atoms with van der Waals surface area (Å²) in [5.74, 6) is 1.07. The number of Topliss-reactive ketones (excluding diaryl/α,β-unsaturated/α-hetero) is 2. The molecule has 2 aliphatic rings. The molecule has 1 spiro atoms. The topological polar surface area (TPSA) is 51.5 Å². The number of aromatic nitrogens is 1. The van der Waals surface area contributed by atoms with Crippen LogP contribution in [0.3, 0.4) is 0 Å². The molecule has 172 valence electrons. The number of ketones is 2. The summed E-state index contributed by atoms with van der Waals surface area (Å²) in [5.41, 5.74) is 3.70. The number of carbonyl (C=O) groups is 2. The van der Waals surface area contributed by atoms with Crippen LogP contribution in [0.2, 0.25) is 0 Å². The van der Waals surface area contributed by atoms with Crippen LogP contribution in [0.25, 0.3) is 10.9 Å². The molecule has 3 aromatic rings. The molecule has 1 saturated heterocycles. The van der Waals surface area contributed by atoms with Crippen LogP contribution in [0, 0.1) is 0 Å². The molecule has 0 unspecified atom stereocenters. The summed E-state index contributed by atoms with van der Waals surface area (Å²) < 4.78 is 8.64. The third-order valence-electron chi connectivity index (χ3n) is 7.38. The first kappa shape index (κ1) is 21.9. The van der Waals surface area contributed by atoms with Crippen molar-refractivity contribution in [3.8, 4) is 5.75 Å². The molecule has 0 radical (unpaired) electrons. The summed E-state index contributed by atoms with van der Waals surface area (Å²) in [6, 6.07) is 13.9. The van der Waals surface area contributed by atoms with Crippen molar-refractivity contribution >= 4 is 22.5 Å². The Morgan fingerprint density at radius 2 is 1.85 bits per heavy atom. The molecule has 2 aromatic carbocycles. The lowest BCUT2D eigenvalue weighted by Crippen LogP contribution is -2.51. The fourth-order valence-corrected chi connectivity index (χ4v) is 5.55. The highest BCUT2D eigenvalue weighted by Crippen LogP contribution is 2.39. The fraction of sp³-hybridized carbons (Fsp3) is 0.429. The minimum Gasteiger partial charge on any atom is -0.486 e. The first-order valence-corrected chi connectivity index (χ1v) is 12.1. The van der Waals surface area contributed by atoms with E-state index in [1.807, 2.05) is 30.5 Å². The van der Waals surface area contributed by atoms with Gasteiger partial charge < -0.3 is 14.2 Å². The zero-order chi connectivity index (χ0) is 23.0. The van der Waals surface area contributed by atoms with Crippen molar-refractivity contribution in [2.75, 3.05) is 19.6 Å². The van der Waals surface area contributed by atoms with Gasteiger partial charge in [-0.05, 0) is 44.0 Å². The summed E-state index contributed by atoms with van der Waals surface area (Å²) in [5, 5.41) is 1.07. The third-order valence-corrected chi connectivity index (χ3v) is 7.38. The smallest absolute Gasteiger partial charge is 0.170 e. The highest BCUT2D eigenvalue weighted by molar-refractivity contribution is 6.07. The molecule has 1 aromatic heterocycles. The van der Waals surface area contributed by atoms with Gasteiger partial charge in [0.1, 0.15) is 11.4 Å². The van der Waals surface area contributed by atoms with E-state index in [-0.39, 0.29) is 17.2 Å². The predicted octanol–water partition coefficient (Wildman–Crippen LogP) is 5.30. The van der Waals surface area contributed by atoms with Gasteiger partial charge in [0.25, 0.3) is 0 Å². The lowest BCUT2D eigenvalue weighted by Gasteiger charge is -2.44. The number of ether oxygens (including phenoxy) is 1. The van der Waals surface area contributed by atoms with Gasteiger partial charge in [-0.3, -0.25) is 9.59 Å². The lowest BCUT2D eigenvalue weighted by atomic mass is 9.82. The zero-order valence-corrected chi connectivity index (χ0v) is 19.6. The molecule has 0 aliphatic carbocycles. The van der Waals surface area contributed by atoms with Crippen LogP contribution in [0.4, 0.5) is 0 Å². The maximum atomic E-state index is 12.7. The van der Waals surface area contributed by atoms with Gasteiger partial charge in [-0.25, -0.2) is 0 Å². The molecule has 3 heterocycles. The molecule has 5 rings (SSSR count). The van der Waals surface area contributed by atoms with Gasteiger partial charge in [-0.15, -0.1) is 0 Å². The van der Waals surface area contributed by atoms with Crippen molar-refractivity contribution in [2.24, 2.45) is 0 Å². The number of likely N-dealkylation sites (tertiary alicyclic amines) is 1. The molecule has 0 N–H and O–H groups in total. The Balaban J connectivity index is 1.22. The van der Waals surface area contributed by atoms with Crippen LogP contribution >= 0.6 is 0 Å². The summed E-state index contributed by atoms with van der Waals surface area (Å²) in [4.78, 5) is 27.3. The number of rotatable bonds is 6. The van der Waals surface area contributed by atoms with Crippen molar-refractivity contribution in [1.82, 2.24) is 9.47 Å². The van der Waals surface area contributed by atoms with Crippen molar-refractivity contribution in [3.05, 3.63) is 65.4 Å². The van der Waals surface area contributed by atoms with Gasteiger partial charge in [0, 0.05) is 49.6 Å². The first-order valence-electron chi connectivity index (χ1n) is 12.1. The van der Waals surface area contributed by atoms with Crippen molar-refractivity contribution < 1.29 is 14.3 Å². The van der Waals surface area contributed by atoms with Crippen LogP contribution < -0.4 is 4.74 Å². The summed E-state index contributed by atoms with van der Waals surface area (Å²) in [6.07, 6.45) is 6.27. The maximum Gasteiger partial charge on any atom is 0.170 e. The van der Waals surface area contributed by atoms with E-state index in [2.05, 4.69) is 34.6 Å². The Kier molecular flexibility index (Phi) is 5.83. The van der Waals surface area contributed by atoms with Crippen molar-refractivity contribution in [1.29, 1.82) is 0 Å². The Labute approximate surface area is 195 Å². The lowest BCUT2D eigenvalue weighted by molar-refractivity contribution is -0.00926. The average molecular weight is 445 g/mol. The molecular formula is C28H32N2O3. The molecule has 5 heteroatoms. The van der Waals surface area contributed by atoms with Gasteiger partial charge in [-0.2, -0.15) is 0 Å². The number of aryl methyl sites for hydroxylation is 2.